The van der Waals surface area contributed by atoms with Crippen LogP contribution in [0.5, 0.6) is 0 Å². The van der Waals surface area contributed by atoms with Crippen LogP contribution >= 0.6 is 0 Å². The van der Waals surface area contributed by atoms with Crippen LogP contribution in [0, 0.1) is 11.3 Å². The fourth-order valence-corrected chi connectivity index (χ4v) is 2.56. The highest BCUT2D eigenvalue weighted by molar-refractivity contribution is 5.73. The lowest BCUT2D eigenvalue weighted by Crippen LogP contribution is -2.44. The van der Waals surface area contributed by atoms with Gasteiger partial charge in [-0.25, -0.2) is 4.79 Å². The maximum Gasteiger partial charge on any atom is 0.410 e. The second-order valence-electron chi connectivity index (χ2n) is 6.77. The molecule has 1 amide bonds. The van der Waals surface area contributed by atoms with Crippen LogP contribution in [-0.4, -0.2) is 35.7 Å². The van der Waals surface area contributed by atoms with Crippen LogP contribution in [0.1, 0.15) is 39.2 Å². The topological polar surface area (TPSA) is 91.4 Å². The van der Waals surface area contributed by atoms with Gasteiger partial charge in [-0.1, -0.05) is 6.07 Å². The lowest BCUT2D eigenvalue weighted by atomic mass is 10.0. The Labute approximate surface area is 137 Å². The van der Waals surface area contributed by atoms with Crippen molar-refractivity contribution in [3.8, 4) is 6.07 Å². The number of nitrogens with one attached hydrogen (secondary N) is 1. The Kier molecular flexibility index (Phi) is 4.99. The molecule has 1 saturated heterocycles. The molecule has 2 rings (SSSR count). The van der Waals surface area contributed by atoms with E-state index in [2.05, 4.69) is 11.4 Å². The summed E-state index contributed by atoms with van der Waals surface area (Å²) in [6.45, 7) is 6.84. The Morgan fingerprint density at radius 3 is 2.61 bits per heavy atom. The summed E-state index contributed by atoms with van der Waals surface area (Å²) in [7, 11) is 0. The first-order valence-corrected chi connectivity index (χ1v) is 7.83. The van der Waals surface area contributed by atoms with Crippen LogP contribution in [0.25, 0.3) is 0 Å². The number of ether oxygens (including phenoxy) is 1. The first kappa shape index (κ1) is 16.9. The lowest BCUT2D eigenvalue weighted by Gasteiger charge is -2.34. The molecule has 0 spiro atoms. The molecule has 1 aliphatic rings. The van der Waals surface area contributed by atoms with Crippen molar-refractivity contribution >= 4 is 17.5 Å². The predicted octanol–water partition coefficient (Wildman–Crippen LogP) is 2.95. The number of piperidine rings is 1. The summed E-state index contributed by atoms with van der Waals surface area (Å²) in [5, 5.41) is 12.5. The second-order valence-corrected chi connectivity index (χ2v) is 6.77. The van der Waals surface area contributed by atoms with E-state index < -0.39 is 5.60 Å². The van der Waals surface area contributed by atoms with Gasteiger partial charge in [0.2, 0.25) is 0 Å². The summed E-state index contributed by atoms with van der Waals surface area (Å²) in [6.07, 6.45) is 1.31. The van der Waals surface area contributed by atoms with Gasteiger partial charge in [0.05, 0.1) is 16.9 Å². The van der Waals surface area contributed by atoms with Crippen LogP contribution in [0.15, 0.2) is 18.2 Å². The number of amides is 1. The third kappa shape index (κ3) is 4.52. The highest BCUT2D eigenvalue weighted by Gasteiger charge is 2.27. The summed E-state index contributed by atoms with van der Waals surface area (Å²) < 4.78 is 5.39. The molecule has 0 bridgehead atoms. The van der Waals surface area contributed by atoms with Gasteiger partial charge in [0, 0.05) is 19.1 Å². The number of nitriles is 1. The molecule has 0 unspecified atom stereocenters. The number of nitrogens with two attached hydrogens (primary N) is 1. The van der Waals surface area contributed by atoms with Crippen LogP contribution in [-0.2, 0) is 4.74 Å². The molecular formula is C17H24N4O2. The number of para-hydroxylation sites is 1. The fraction of sp³-hybridized carbons (Fsp3) is 0.529. The van der Waals surface area contributed by atoms with Crippen LogP contribution < -0.4 is 11.1 Å². The molecule has 0 aromatic heterocycles. The first-order valence-electron chi connectivity index (χ1n) is 7.83. The van der Waals surface area contributed by atoms with Gasteiger partial charge in [0.25, 0.3) is 0 Å². The molecule has 1 aliphatic heterocycles. The van der Waals surface area contributed by atoms with E-state index in [1.54, 1.807) is 23.1 Å². The average Bonchev–Trinajstić information content (AvgIpc) is 2.48. The van der Waals surface area contributed by atoms with Crippen LogP contribution in [0.3, 0.4) is 0 Å². The third-order valence-corrected chi connectivity index (χ3v) is 3.71. The van der Waals surface area contributed by atoms with Gasteiger partial charge >= 0.3 is 6.09 Å². The van der Waals surface area contributed by atoms with Gasteiger partial charge in [-0.15, -0.1) is 0 Å². The minimum Gasteiger partial charge on any atom is -0.444 e. The normalized spacial score (nSPS) is 15.8. The van der Waals surface area contributed by atoms with Crippen molar-refractivity contribution in [1.29, 1.82) is 5.26 Å². The molecule has 1 fully saturated rings. The molecule has 0 saturated carbocycles. The fourth-order valence-electron chi connectivity index (χ4n) is 2.56. The number of hydrogen-bond acceptors (Lipinski definition) is 5. The molecule has 1 aromatic rings. The molecule has 124 valence electrons. The summed E-state index contributed by atoms with van der Waals surface area (Å²) in [4.78, 5) is 13.8. The SMILES string of the molecule is CC(C)(C)OC(=O)N1CCC(Nc2c(N)cccc2C#N)CC1. The van der Waals surface area contributed by atoms with Gasteiger partial charge in [0.15, 0.2) is 0 Å². The number of hydrogen-bond donors (Lipinski definition) is 2. The van der Waals surface area contributed by atoms with Gasteiger partial charge in [0.1, 0.15) is 11.7 Å². The maximum absolute atomic E-state index is 12.1. The van der Waals surface area contributed by atoms with Crippen molar-refractivity contribution < 1.29 is 9.53 Å². The molecule has 0 atom stereocenters. The van der Waals surface area contributed by atoms with E-state index in [9.17, 15) is 10.1 Å². The predicted molar refractivity (Wildman–Crippen MR) is 90.0 cm³/mol. The summed E-state index contributed by atoms with van der Waals surface area (Å²) in [6, 6.07) is 7.63. The van der Waals surface area contributed by atoms with E-state index in [0.717, 1.165) is 12.8 Å². The van der Waals surface area contributed by atoms with E-state index in [0.29, 0.717) is 30.0 Å². The number of nitrogen functional groups attached to an aromatic ring is 1. The first-order chi connectivity index (χ1) is 10.8. The highest BCUT2D eigenvalue weighted by atomic mass is 16.6. The monoisotopic (exact) mass is 316 g/mol. The van der Waals surface area contributed by atoms with Crippen molar-refractivity contribution in [2.75, 3.05) is 24.1 Å². The van der Waals surface area contributed by atoms with E-state index in [4.69, 9.17) is 10.5 Å². The van der Waals surface area contributed by atoms with Gasteiger partial charge in [-0.05, 0) is 45.7 Å². The number of rotatable bonds is 2. The van der Waals surface area contributed by atoms with E-state index in [-0.39, 0.29) is 12.1 Å². The number of likely N-dealkylation sites (tertiary alicyclic amines) is 1. The largest absolute Gasteiger partial charge is 0.444 e. The Balaban J connectivity index is 1.93. The molecule has 1 heterocycles. The number of nitrogens with zero attached hydrogens (tertiary/aromatic N) is 2. The zero-order chi connectivity index (χ0) is 17.0. The molecule has 1 aromatic carbocycles. The van der Waals surface area contributed by atoms with Crippen molar-refractivity contribution in [3.63, 3.8) is 0 Å². The summed E-state index contributed by atoms with van der Waals surface area (Å²) in [5.74, 6) is 0. The Morgan fingerprint density at radius 2 is 2.04 bits per heavy atom. The average molecular weight is 316 g/mol. The molecule has 23 heavy (non-hydrogen) atoms. The number of carbonyl (C=O) groups is 1. The standard InChI is InChI=1S/C17H24N4O2/c1-17(2,3)23-16(22)21-9-7-13(8-10-21)20-15-12(11-18)5-4-6-14(15)19/h4-6,13,20H,7-10,19H2,1-3H3. The number of carbonyl (C=O) groups excluding carboxylic acids is 1. The second kappa shape index (κ2) is 6.78. The van der Waals surface area contributed by atoms with E-state index in [1.807, 2.05) is 20.8 Å². The van der Waals surface area contributed by atoms with Gasteiger partial charge < -0.3 is 20.7 Å². The Morgan fingerprint density at radius 1 is 1.39 bits per heavy atom. The van der Waals surface area contributed by atoms with Crippen LogP contribution in [0.4, 0.5) is 16.2 Å². The zero-order valence-electron chi connectivity index (χ0n) is 13.9. The van der Waals surface area contributed by atoms with Crippen LogP contribution in [0.2, 0.25) is 0 Å². The highest BCUT2D eigenvalue weighted by Crippen LogP contribution is 2.26. The summed E-state index contributed by atoms with van der Waals surface area (Å²) >= 11 is 0. The van der Waals surface area contributed by atoms with E-state index in [1.165, 1.54) is 0 Å². The van der Waals surface area contributed by atoms with Crippen molar-refractivity contribution in [1.82, 2.24) is 4.90 Å². The number of anilines is 2. The minimum atomic E-state index is -0.480. The summed E-state index contributed by atoms with van der Waals surface area (Å²) in [5.41, 5.74) is 7.28. The van der Waals surface area contributed by atoms with Crippen molar-refractivity contribution in [2.45, 2.75) is 45.3 Å². The molecule has 6 nitrogen and oxygen atoms in total. The quantitative estimate of drug-likeness (QED) is 0.818. The number of benzene rings is 1. The molecule has 6 heteroatoms. The van der Waals surface area contributed by atoms with Crippen molar-refractivity contribution in [2.24, 2.45) is 0 Å². The maximum atomic E-state index is 12.1. The lowest BCUT2D eigenvalue weighted by molar-refractivity contribution is 0.0210. The van der Waals surface area contributed by atoms with Gasteiger partial charge in [-0.3, -0.25) is 0 Å². The smallest absolute Gasteiger partial charge is 0.410 e. The van der Waals surface area contributed by atoms with E-state index >= 15 is 0 Å². The minimum absolute atomic E-state index is 0.186. The van der Waals surface area contributed by atoms with Crippen molar-refractivity contribution in [3.05, 3.63) is 23.8 Å². The molecule has 3 N–H and O–H groups in total. The third-order valence-electron chi connectivity index (χ3n) is 3.71. The van der Waals surface area contributed by atoms with Gasteiger partial charge in [-0.2, -0.15) is 5.26 Å². The Hall–Kier alpha value is -2.42. The molecule has 0 aliphatic carbocycles. The molecule has 0 radical (unpaired) electrons. The molecular weight excluding hydrogens is 292 g/mol. The Bertz CT molecular complexity index is 608. The zero-order valence-corrected chi connectivity index (χ0v) is 13.9.